The second-order valence-electron chi connectivity index (χ2n) is 3.99. The number of hydrogen-bond donors (Lipinski definition) is 2. The van der Waals surface area contributed by atoms with Crippen molar-refractivity contribution in [3.63, 3.8) is 0 Å². The van der Waals surface area contributed by atoms with Crippen LogP contribution in [0.4, 0.5) is 13.2 Å². The molecule has 6 nitrogen and oxygen atoms in total. The molecule has 0 atom stereocenters. The molecule has 0 fully saturated rings. The molecule has 110 valence electrons. The zero-order chi connectivity index (χ0) is 15.3. The fourth-order valence-electron chi connectivity index (χ4n) is 1.31. The van der Waals surface area contributed by atoms with Gasteiger partial charge in [-0.25, -0.2) is 0 Å². The van der Waals surface area contributed by atoms with E-state index >= 15 is 0 Å². The van der Waals surface area contributed by atoms with E-state index < -0.39 is 36.6 Å². The normalized spacial score (nSPS) is 11.0. The van der Waals surface area contributed by atoms with Crippen LogP contribution in [0, 0.1) is 0 Å². The second kappa shape index (κ2) is 6.22. The van der Waals surface area contributed by atoms with Gasteiger partial charge >= 0.3 is 6.18 Å². The summed E-state index contributed by atoms with van der Waals surface area (Å²) in [5.41, 5.74) is -0.275. The van der Waals surface area contributed by atoms with Crippen LogP contribution in [-0.2, 0) is 4.79 Å². The zero-order valence-electron chi connectivity index (χ0n) is 10.5. The minimum absolute atomic E-state index is 0.121. The largest absolute Gasteiger partial charge is 0.405 e. The third kappa shape index (κ3) is 5.12. The van der Waals surface area contributed by atoms with E-state index in [1.165, 1.54) is 13.1 Å². The highest BCUT2D eigenvalue weighted by atomic mass is 19.4. The van der Waals surface area contributed by atoms with E-state index in [-0.39, 0.29) is 5.56 Å². The zero-order valence-corrected chi connectivity index (χ0v) is 10.5. The molecule has 0 aromatic carbocycles. The van der Waals surface area contributed by atoms with Gasteiger partial charge < -0.3 is 15.2 Å². The van der Waals surface area contributed by atoms with E-state index in [0.717, 1.165) is 17.2 Å². The fraction of sp³-hybridized carbons (Fsp3) is 0.364. The van der Waals surface area contributed by atoms with E-state index in [0.29, 0.717) is 0 Å². The minimum atomic E-state index is -4.50. The van der Waals surface area contributed by atoms with Crippen molar-refractivity contribution in [2.24, 2.45) is 0 Å². The Labute approximate surface area is 111 Å². The molecule has 2 N–H and O–H groups in total. The Morgan fingerprint density at radius 1 is 1.35 bits per heavy atom. The number of hydrogen-bond acceptors (Lipinski definition) is 3. The molecule has 0 unspecified atom stereocenters. The lowest BCUT2D eigenvalue weighted by Gasteiger charge is -2.17. The van der Waals surface area contributed by atoms with Crippen molar-refractivity contribution in [1.29, 1.82) is 0 Å². The number of aromatic amines is 1. The number of likely N-dealkylation sites (N-methyl/N-ethyl adjacent to an activating group) is 1. The molecule has 0 aliphatic carbocycles. The molecule has 20 heavy (non-hydrogen) atoms. The van der Waals surface area contributed by atoms with Gasteiger partial charge in [0.2, 0.25) is 11.5 Å². The van der Waals surface area contributed by atoms with Crippen LogP contribution in [0.15, 0.2) is 23.1 Å². The smallest absolute Gasteiger partial charge is 0.345 e. The molecule has 0 saturated heterocycles. The SMILES string of the molecule is CN(CC(=O)NCC(F)(F)F)C(=O)c1ccc(=O)[nH]c1. The summed E-state index contributed by atoms with van der Waals surface area (Å²) in [5, 5.41) is 1.65. The maximum Gasteiger partial charge on any atom is 0.405 e. The van der Waals surface area contributed by atoms with Crippen LogP contribution in [-0.4, -0.2) is 48.0 Å². The monoisotopic (exact) mass is 291 g/mol. The van der Waals surface area contributed by atoms with Gasteiger partial charge in [-0.1, -0.05) is 0 Å². The Hall–Kier alpha value is -2.32. The number of pyridine rings is 1. The van der Waals surface area contributed by atoms with Crippen LogP contribution in [0.25, 0.3) is 0 Å². The molecule has 0 radical (unpaired) electrons. The van der Waals surface area contributed by atoms with Gasteiger partial charge in [0, 0.05) is 19.3 Å². The number of carbonyl (C=O) groups is 2. The number of nitrogens with one attached hydrogen (secondary N) is 2. The molecule has 1 rings (SSSR count). The van der Waals surface area contributed by atoms with Crippen molar-refractivity contribution in [2.75, 3.05) is 20.1 Å². The lowest BCUT2D eigenvalue weighted by atomic mass is 10.2. The van der Waals surface area contributed by atoms with Gasteiger partial charge in [0.05, 0.1) is 12.1 Å². The standard InChI is InChI=1S/C11H12F3N3O3/c1-17(5-9(19)16-6-11(12,13)14)10(20)7-2-3-8(18)15-4-7/h2-4H,5-6H2,1H3,(H,15,18)(H,16,19). The first-order valence-corrected chi connectivity index (χ1v) is 5.47. The molecular weight excluding hydrogens is 279 g/mol. The molecule has 0 bridgehead atoms. The number of aromatic nitrogens is 1. The van der Waals surface area contributed by atoms with Gasteiger partial charge in [0.1, 0.15) is 6.54 Å². The van der Waals surface area contributed by atoms with Gasteiger partial charge in [-0.15, -0.1) is 0 Å². The highest BCUT2D eigenvalue weighted by Crippen LogP contribution is 2.12. The van der Waals surface area contributed by atoms with Gasteiger partial charge in [-0.3, -0.25) is 14.4 Å². The van der Waals surface area contributed by atoms with E-state index in [9.17, 15) is 27.6 Å². The summed E-state index contributed by atoms with van der Waals surface area (Å²) < 4.78 is 35.7. The molecule has 0 aliphatic heterocycles. The third-order valence-electron chi connectivity index (χ3n) is 2.24. The predicted molar refractivity (Wildman–Crippen MR) is 63.1 cm³/mol. The van der Waals surface area contributed by atoms with Crippen LogP contribution in [0.3, 0.4) is 0 Å². The minimum Gasteiger partial charge on any atom is -0.345 e. The van der Waals surface area contributed by atoms with Gasteiger partial charge in [-0.05, 0) is 6.07 Å². The Morgan fingerprint density at radius 3 is 2.50 bits per heavy atom. The van der Waals surface area contributed by atoms with E-state index in [1.807, 2.05) is 0 Å². The average molecular weight is 291 g/mol. The topological polar surface area (TPSA) is 82.3 Å². The molecular formula is C11H12F3N3O3. The summed E-state index contributed by atoms with van der Waals surface area (Å²) >= 11 is 0. The number of alkyl halides is 3. The van der Waals surface area contributed by atoms with Crippen molar-refractivity contribution in [3.8, 4) is 0 Å². The molecule has 2 amide bonds. The molecule has 0 saturated carbocycles. The first kappa shape index (κ1) is 15.7. The lowest BCUT2D eigenvalue weighted by molar-refractivity contribution is -0.138. The Kier molecular flexibility index (Phi) is 4.89. The summed E-state index contributed by atoms with van der Waals surface area (Å²) in [7, 11) is 1.26. The van der Waals surface area contributed by atoms with Crippen molar-refractivity contribution < 1.29 is 22.8 Å². The van der Waals surface area contributed by atoms with Gasteiger partial charge in [0.15, 0.2) is 0 Å². The van der Waals surface area contributed by atoms with E-state index in [1.54, 1.807) is 5.32 Å². The van der Waals surface area contributed by atoms with Crippen LogP contribution < -0.4 is 10.9 Å². The Morgan fingerprint density at radius 2 is 2.00 bits per heavy atom. The molecule has 9 heteroatoms. The molecule has 1 aromatic rings. The number of halogens is 3. The Bertz CT molecular complexity index is 533. The number of rotatable bonds is 4. The average Bonchev–Trinajstić information content (AvgIpc) is 2.35. The summed E-state index contributed by atoms with van der Waals surface area (Å²) in [4.78, 5) is 37.1. The number of H-pyrrole nitrogens is 1. The number of amides is 2. The van der Waals surface area contributed by atoms with Crippen molar-refractivity contribution in [3.05, 3.63) is 34.2 Å². The van der Waals surface area contributed by atoms with E-state index in [4.69, 9.17) is 0 Å². The van der Waals surface area contributed by atoms with Crippen molar-refractivity contribution in [2.45, 2.75) is 6.18 Å². The quantitative estimate of drug-likeness (QED) is 0.827. The first-order chi connectivity index (χ1) is 9.19. The highest BCUT2D eigenvalue weighted by molar-refractivity contribution is 5.96. The summed E-state index contributed by atoms with van der Waals surface area (Å²) in [6.45, 7) is -1.97. The van der Waals surface area contributed by atoms with Gasteiger partial charge in [-0.2, -0.15) is 13.2 Å². The molecule has 1 aromatic heterocycles. The summed E-state index contributed by atoms with van der Waals surface area (Å²) in [5.74, 6) is -1.52. The summed E-state index contributed by atoms with van der Waals surface area (Å²) in [6.07, 6.45) is -3.34. The van der Waals surface area contributed by atoms with E-state index in [2.05, 4.69) is 4.98 Å². The lowest BCUT2D eigenvalue weighted by Crippen LogP contribution is -2.41. The fourth-order valence-corrected chi connectivity index (χ4v) is 1.31. The van der Waals surface area contributed by atoms with Crippen molar-refractivity contribution in [1.82, 2.24) is 15.2 Å². The van der Waals surface area contributed by atoms with Crippen LogP contribution in [0.2, 0.25) is 0 Å². The predicted octanol–water partition coefficient (Wildman–Crippen LogP) is 0.125. The maximum atomic E-state index is 11.9. The van der Waals surface area contributed by atoms with Crippen LogP contribution in [0.1, 0.15) is 10.4 Å². The Balaban J connectivity index is 2.55. The molecule has 0 spiro atoms. The van der Waals surface area contributed by atoms with Crippen LogP contribution in [0.5, 0.6) is 0 Å². The molecule has 1 heterocycles. The maximum absolute atomic E-state index is 11.9. The van der Waals surface area contributed by atoms with Crippen molar-refractivity contribution >= 4 is 11.8 Å². The highest BCUT2D eigenvalue weighted by Gasteiger charge is 2.28. The van der Waals surface area contributed by atoms with Crippen LogP contribution >= 0.6 is 0 Å². The van der Waals surface area contributed by atoms with Gasteiger partial charge in [0.25, 0.3) is 5.91 Å². The molecule has 0 aliphatic rings. The number of nitrogens with zero attached hydrogens (tertiary/aromatic N) is 1. The second-order valence-corrected chi connectivity index (χ2v) is 3.99. The first-order valence-electron chi connectivity index (χ1n) is 5.47. The number of carbonyl (C=O) groups excluding carboxylic acids is 2. The third-order valence-corrected chi connectivity index (χ3v) is 2.24. The summed E-state index contributed by atoms with van der Waals surface area (Å²) in [6, 6.07) is 2.39.